The lowest BCUT2D eigenvalue weighted by Gasteiger charge is -2.52. The Balaban J connectivity index is 1.52. The highest BCUT2D eigenvalue weighted by Gasteiger charge is 2.56. The van der Waals surface area contributed by atoms with Gasteiger partial charge in [0.15, 0.2) is 5.78 Å². The maximum Gasteiger partial charge on any atom is 0.156 e. The summed E-state index contributed by atoms with van der Waals surface area (Å²) in [5.41, 5.74) is 7.10. The smallest absolute Gasteiger partial charge is 0.156 e. The normalized spacial score (nSPS) is 38.1. The summed E-state index contributed by atoms with van der Waals surface area (Å²) < 4.78 is 0. The Morgan fingerprint density at radius 3 is 2.70 bits per heavy atom. The first-order chi connectivity index (χ1) is 14.5. The van der Waals surface area contributed by atoms with Crippen molar-refractivity contribution in [1.82, 2.24) is 0 Å². The molecule has 0 bridgehead atoms. The Morgan fingerprint density at radius 2 is 1.90 bits per heavy atom. The van der Waals surface area contributed by atoms with Gasteiger partial charge in [0.05, 0.1) is 6.10 Å². The molecule has 5 aliphatic rings. The molecule has 5 unspecified atom stereocenters. The monoisotopic (exact) mass is 422 g/mol. The van der Waals surface area contributed by atoms with Crippen LogP contribution >= 0.6 is 11.6 Å². The van der Waals surface area contributed by atoms with Crippen molar-refractivity contribution in [3.8, 4) is 0 Å². The van der Waals surface area contributed by atoms with Crippen molar-refractivity contribution in [2.45, 2.75) is 82.7 Å². The summed E-state index contributed by atoms with van der Waals surface area (Å²) in [6.45, 7) is 2.34. The van der Waals surface area contributed by atoms with Crippen LogP contribution in [0, 0.1) is 17.3 Å². The predicted molar refractivity (Wildman–Crippen MR) is 120 cm³/mol. The molecule has 6 rings (SSSR count). The van der Waals surface area contributed by atoms with E-state index in [1.807, 2.05) is 6.08 Å². The molecular weight excluding hydrogens is 392 g/mol. The van der Waals surface area contributed by atoms with Gasteiger partial charge in [0.2, 0.25) is 0 Å². The first-order valence-electron chi connectivity index (χ1n) is 11.9. The van der Waals surface area contributed by atoms with E-state index in [-0.39, 0.29) is 11.5 Å². The molecule has 0 saturated heterocycles. The highest BCUT2D eigenvalue weighted by atomic mass is 35.5. The van der Waals surface area contributed by atoms with Crippen molar-refractivity contribution in [1.29, 1.82) is 0 Å². The Labute approximate surface area is 184 Å². The average Bonchev–Trinajstić information content (AvgIpc) is 3.53. The maximum absolute atomic E-state index is 12.1. The Hall–Kier alpha value is -1.38. The third-order valence-corrected chi connectivity index (χ3v) is 9.47. The first kappa shape index (κ1) is 19.3. The van der Waals surface area contributed by atoms with Crippen LogP contribution in [-0.4, -0.2) is 17.0 Å². The lowest BCUT2D eigenvalue weighted by molar-refractivity contribution is -0.114. The van der Waals surface area contributed by atoms with Crippen LogP contribution in [0.25, 0.3) is 0 Å². The van der Waals surface area contributed by atoms with Crippen molar-refractivity contribution in [3.05, 3.63) is 57.1 Å². The summed E-state index contributed by atoms with van der Waals surface area (Å²) >= 11 is 6.58. The van der Waals surface area contributed by atoms with Crippen LogP contribution in [0.2, 0.25) is 5.02 Å². The number of fused-ring (bicyclic) bond motifs is 4. The summed E-state index contributed by atoms with van der Waals surface area (Å²) in [5, 5.41) is 11.9. The number of halogens is 1. The number of hydrogen-bond acceptors (Lipinski definition) is 2. The van der Waals surface area contributed by atoms with Gasteiger partial charge in [0, 0.05) is 17.4 Å². The van der Waals surface area contributed by atoms with Gasteiger partial charge >= 0.3 is 0 Å². The van der Waals surface area contributed by atoms with E-state index < -0.39 is 0 Å². The average molecular weight is 423 g/mol. The molecule has 158 valence electrons. The zero-order chi connectivity index (χ0) is 20.6. The minimum atomic E-state index is -0.198. The van der Waals surface area contributed by atoms with E-state index in [1.165, 1.54) is 35.1 Å². The van der Waals surface area contributed by atoms with Crippen LogP contribution in [0.4, 0.5) is 0 Å². The minimum absolute atomic E-state index is 0.00945. The fourth-order valence-corrected chi connectivity index (χ4v) is 7.69. The van der Waals surface area contributed by atoms with Crippen molar-refractivity contribution < 1.29 is 9.90 Å². The van der Waals surface area contributed by atoms with Crippen LogP contribution in [0.5, 0.6) is 0 Å². The van der Waals surface area contributed by atoms with E-state index >= 15 is 0 Å². The number of allylic oxidation sites excluding steroid dienone is 4. The maximum atomic E-state index is 12.1. The molecule has 0 amide bonds. The standard InChI is InChI=1S/C27H31ClO2/c1-27-14-22(17-5-10-24(28)21(13-17)15-2-3-15)26-19-8-6-18(29)12-16(19)4-7-20(26)23(27)9-11-25(27)30/h5,10,12-13,15,20,22-23,25,30H,2-4,6-9,11,14H2,1H3. The van der Waals surface area contributed by atoms with Gasteiger partial charge in [-0.3, -0.25) is 4.79 Å². The van der Waals surface area contributed by atoms with Crippen LogP contribution in [0.1, 0.15) is 87.7 Å². The van der Waals surface area contributed by atoms with Crippen LogP contribution in [0.3, 0.4) is 0 Å². The van der Waals surface area contributed by atoms with Gasteiger partial charge in [0.25, 0.3) is 0 Å². The molecule has 5 atom stereocenters. The topological polar surface area (TPSA) is 37.3 Å². The number of aliphatic hydroxyl groups is 1. The highest BCUT2D eigenvalue weighted by Crippen LogP contribution is 2.64. The van der Waals surface area contributed by atoms with E-state index in [0.717, 1.165) is 43.5 Å². The van der Waals surface area contributed by atoms with Gasteiger partial charge in [-0.05, 0) is 109 Å². The van der Waals surface area contributed by atoms with Crippen LogP contribution in [0.15, 0.2) is 41.0 Å². The molecule has 2 nitrogen and oxygen atoms in total. The number of benzene rings is 1. The van der Waals surface area contributed by atoms with Gasteiger partial charge in [-0.2, -0.15) is 0 Å². The van der Waals surface area contributed by atoms with Crippen molar-refractivity contribution in [2.75, 3.05) is 0 Å². The molecule has 30 heavy (non-hydrogen) atoms. The molecule has 3 heteroatoms. The third kappa shape index (κ3) is 2.83. The van der Waals surface area contributed by atoms with Gasteiger partial charge in [-0.15, -0.1) is 0 Å². The second-order valence-electron chi connectivity index (χ2n) is 10.7. The summed E-state index contributed by atoms with van der Waals surface area (Å²) in [6, 6.07) is 6.72. The lowest BCUT2D eigenvalue weighted by Crippen LogP contribution is -2.45. The fourth-order valence-electron chi connectivity index (χ4n) is 7.42. The van der Waals surface area contributed by atoms with Crippen molar-refractivity contribution in [3.63, 3.8) is 0 Å². The molecule has 0 spiro atoms. The largest absolute Gasteiger partial charge is 0.393 e. The molecule has 0 aliphatic heterocycles. The minimum Gasteiger partial charge on any atom is -0.393 e. The van der Waals surface area contributed by atoms with Crippen molar-refractivity contribution >= 4 is 17.4 Å². The number of carbonyl (C=O) groups excluding carboxylic acids is 1. The van der Waals surface area contributed by atoms with E-state index in [0.29, 0.717) is 35.9 Å². The summed E-state index contributed by atoms with van der Waals surface area (Å²) in [4.78, 5) is 12.1. The quantitative estimate of drug-likeness (QED) is 0.592. The number of carbonyl (C=O) groups is 1. The number of hydrogen-bond donors (Lipinski definition) is 1. The molecule has 1 aromatic rings. The molecule has 3 fully saturated rings. The van der Waals surface area contributed by atoms with E-state index in [4.69, 9.17) is 11.6 Å². The third-order valence-electron chi connectivity index (χ3n) is 9.12. The summed E-state index contributed by atoms with van der Waals surface area (Å²) in [5.74, 6) is 2.38. The Bertz CT molecular complexity index is 985. The zero-order valence-electron chi connectivity index (χ0n) is 17.8. The number of rotatable bonds is 2. The summed E-state index contributed by atoms with van der Waals surface area (Å²) in [7, 11) is 0. The zero-order valence-corrected chi connectivity index (χ0v) is 18.5. The van der Waals surface area contributed by atoms with Gasteiger partial charge in [-0.1, -0.05) is 36.2 Å². The molecule has 0 radical (unpaired) electrons. The SMILES string of the molecule is CC12CC(c3ccc(Cl)c(C4CC4)c3)C3=C4CCC(=O)C=C4CCC3C1CCC2O. The predicted octanol–water partition coefficient (Wildman–Crippen LogP) is 6.48. The van der Waals surface area contributed by atoms with Gasteiger partial charge in [0.1, 0.15) is 0 Å². The van der Waals surface area contributed by atoms with E-state index in [9.17, 15) is 9.90 Å². The molecule has 1 N–H and O–H groups in total. The van der Waals surface area contributed by atoms with E-state index in [2.05, 4.69) is 25.1 Å². The van der Waals surface area contributed by atoms with Gasteiger partial charge in [-0.25, -0.2) is 0 Å². The van der Waals surface area contributed by atoms with Crippen LogP contribution < -0.4 is 0 Å². The lowest BCUT2D eigenvalue weighted by atomic mass is 9.53. The second-order valence-corrected chi connectivity index (χ2v) is 11.1. The highest BCUT2D eigenvalue weighted by molar-refractivity contribution is 6.31. The second kappa shape index (κ2) is 6.81. The molecule has 5 aliphatic carbocycles. The molecule has 0 aromatic heterocycles. The Morgan fingerprint density at radius 1 is 1.07 bits per heavy atom. The molecule has 3 saturated carbocycles. The van der Waals surface area contributed by atoms with Gasteiger partial charge < -0.3 is 5.11 Å². The molecular formula is C27H31ClO2. The fraction of sp³-hybridized carbons (Fsp3) is 0.593. The number of ketones is 1. The summed E-state index contributed by atoms with van der Waals surface area (Å²) in [6.07, 6.45) is 11.0. The van der Waals surface area contributed by atoms with E-state index in [1.54, 1.807) is 5.57 Å². The molecule has 1 aromatic carbocycles. The van der Waals surface area contributed by atoms with Crippen molar-refractivity contribution in [2.24, 2.45) is 17.3 Å². The number of aliphatic hydroxyl groups excluding tert-OH is 1. The molecule has 0 heterocycles. The Kier molecular flexibility index (Phi) is 4.38. The van der Waals surface area contributed by atoms with Crippen LogP contribution in [-0.2, 0) is 4.79 Å². The first-order valence-corrected chi connectivity index (χ1v) is 12.3.